The highest BCUT2D eigenvalue weighted by molar-refractivity contribution is 6.30. The SMILES string of the molecule is O=[N+]([O-])c1ccc(Cl)cc1CNCC1CCOC1. The first kappa shape index (κ1) is 13.3. The predicted molar refractivity (Wildman–Crippen MR) is 68.7 cm³/mol. The summed E-state index contributed by atoms with van der Waals surface area (Å²) in [6.45, 7) is 2.84. The first-order chi connectivity index (χ1) is 8.66. The van der Waals surface area contributed by atoms with E-state index in [-0.39, 0.29) is 10.6 Å². The summed E-state index contributed by atoms with van der Waals surface area (Å²) < 4.78 is 5.27. The molecule has 1 heterocycles. The number of hydrogen-bond acceptors (Lipinski definition) is 4. The van der Waals surface area contributed by atoms with Gasteiger partial charge in [-0.25, -0.2) is 0 Å². The monoisotopic (exact) mass is 270 g/mol. The van der Waals surface area contributed by atoms with Gasteiger partial charge in [-0.3, -0.25) is 10.1 Å². The molecule has 1 N–H and O–H groups in total. The van der Waals surface area contributed by atoms with Crippen molar-refractivity contribution in [3.63, 3.8) is 0 Å². The van der Waals surface area contributed by atoms with Crippen molar-refractivity contribution in [1.29, 1.82) is 0 Å². The Morgan fingerprint density at radius 1 is 1.56 bits per heavy atom. The molecular weight excluding hydrogens is 256 g/mol. The lowest BCUT2D eigenvalue weighted by Crippen LogP contribution is -2.23. The molecule has 0 aliphatic carbocycles. The van der Waals surface area contributed by atoms with Crippen LogP contribution in [0.5, 0.6) is 0 Å². The van der Waals surface area contributed by atoms with E-state index >= 15 is 0 Å². The Morgan fingerprint density at radius 2 is 2.39 bits per heavy atom. The van der Waals surface area contributed by atoms with Crippen molar-refractivity contribution in [2.75, 3.05) is 19.8 Å². The quantitative estimate of drug-likeness (QED) is 0.659. The van der Waals surface area contributed by atoms with Gasteiger partial charge in [0.15, 0.2) is 0 Å². The highest BCUT2D eigenvalue weighted by Crippen LogP contribution is 2.22. The highest BCUT2D eigenvalue weighted by atomic mass is 35.5. The fourth-order valence-electron chi connectivity index (χ4n) is 2.03. The molecule has 18 heavy (non-hydrogen) atoms. The van der Waals surface area contributed by atoms with Gasteiger partial charge >= 0.3 is 0 Å². The normalized spacial score (nSPS) is 19.1. The van der Waals surface area contributed by atoms with E-state index in [0.29, 0.717) is 23.0 Å². The van der Waals surface area contributed by atoms with Crippen LogP contribution in [0.15, 0.2) is 18.2 Å². The zero-order chi connectivity index (χ0) is 13.0. The maximum atomic E-state index is 10.9. The molecule has 1 atom stereocenters. The molecule has 2 rings (SSSR count). The maximum Gasteiger partial charge on any atom is 0.273 e. The number of halogens is 1. The number of ether oxygens (including phenoxy) is 1. The summed E-state index contributed by atoms with van der Waals surface area (Å²) >= 11 is 5.86. The lowest BCUT2D eigenvalue weighted by atomic mass is 10.1. The van der Waals surface area contributed by atoms with Crippen LogP contribution in [-0.4, -0.2) is 24.7 Å². The van der Waals surface area contributed by atoms with E-state index in [4.69, 9.17) is 16.3 Å². The van der Waals surface area contributed by atoms with E-state index in [9.17, 15) is 10.1 Å². The van der Waals surface area contributed by atoms with Crippen LogP contribution in [0.4, 0.5) is 5.69 Å². The number of rotatable bonds is 5. The van der Waals surface area contributed by atoms with Crippen LogP contribution in [0.2, 0.25) is 5.02 Å². The largest absolute Gasteiger partial charge is 0.381 e. The molecule has 1 unspecified atom stereocenters. The molecule has 0 bridgehead atoms. The Morgan fingerprint density at radius 3 is 3.06 bits per heavy atom. The smallest absolute Gasteiger partial charge is 0.273 e. The second-order valence-corrected chi connectivity index (χ2v) is 4.83. The van der Waals surface area contributed by atoms with E-state index in [1.165, 1.54) is 12.1 Å². The summed E-state index contributed by atoms with van der Waals surface area (Å²) in [5.74, 6) is 0.503. The summed E-state index contributed by atoms with van der Waals surface area (Å²) in [5.41, 5.74) is 0.723. The Labute approximate surface area is 110 Å². The number of benzene rings is 1. The average molecular weight is 271 g/mol. The summed E-state index contributed by atoms with van der Waals surface area (Å²) in [6.07, 6.45) is 1.05. The van der Waals surface area contributed by atoms with E-state index < -0.39 is 0 Å². The highest BCUT2D eigenvalue weighted by Gasteiger charge is 2.17. The van der Waals surface area contributed by atoms with Crippen LogP contribution in [0.3, 0.4) is 0 Å². The number of nitro groups is 1. The molecule has 6 heteroatoms. The molecule has 1 saturated heterocycles. The third kappa shape index (κ3) is 3.41. The molecule has 5 nitrogen and oxygen atoms in total. The van der Waals surface area contributed by atoms with Crippen molar-refractivity contribution in [1.82, 2.24) is 5.32 Å². The predicted octanol–water partition coefficient (Wildman–Crippen LogP) is 2.37. The van der Waals surface area contributed by atoms with Crippen LogP contribution in [0.25, 0.3) is 0 Å². The van der Waals surface area contributed by atoms with Gasteiger partial charge in [0.05, 0.1) is 11.5 Å². The van der Waals surface area contributed by atoms with Gasteiger partial charge in [0.2, 0.25) is 0 Å². The van der Waals surface area contributed by atoms with Crippen molar-refractivity contribution in [3.05, 3.63) is 38.9 Å². The van der Waals surface area contributed by atoms with Gasteiger partial charge in [0, 0.05) is 36.3 Å². The second-order valence-electron chi connectivity index (χ2n) is 4.39. The van der Waals surface area contributed by atoms with Crippen molar-refractivity contribution in [2.45, 2.75) is 13.0 Å². The maximum absolute atomic E-state index is 10.9. The Kier molecular flexibility index (Phi) is 4.52. The Balaban J connectivity index is 1.94. The summed E-state index contributed by atoms with van der Waals surface area (Å²) in [6, 6.07) is 4.61. The van der Waals surface area contributed by atoms with Crippen molar-refractivity contribution in [3.8, 4) is 0 Å². The first-order valence-electron chi connectivity index (χ1n) is 5.88. The lowest BCUT2D eigenvalue weighted by Gasteiger charge is -2.09. The molecule has 1 fully saturated rings. The van der Waals surface area contributed by atoms with Gasteiger partial charge in [-0.1, -0.05) is 11.6 Å². The van der Waals surface area contributed by atoms with Crippen LogP contribution >= 0.6 is 11.6 Å². The molecule has 1 aliphatic rings. The molecule has 0 saturated carbocycles. The van der Waals surface area contributed by atoms with Gasteiger partial charge in [-0.15, -0.1) is 0 Å². The summed E-state index contributed by atoms with van der Waals surface area (Å²) in [5, 5.41) is 14.6. The van der Waals surface area contributed by atoms with Gasteiger partial charge in [-0.2, -0.15) is 0 Å². The second kappa shape index (κ2) is 6.13. The van der Waals surface area contributed by atoms with E-state index in [0.717, 1.165) is 26.2 Å². The number of nitrogens with zero attached hydrogens (tertiary/aromatic N) is 1. The Bertz CT molecular complexity index is 433. The van der Waals surface area contributed by atoms with Crippen molar-refractivity contribution < 1.29 is 9.66 Å². The summed E-state index contributed by atoms with van der Waals surface area (Å²) in [7, 11) is 0. The molecule has 1 aromatic carbocycles. The van der Waals surface area contributed by atoms with Crippen molar-refractivity contribution >= 4 is 17.3 Å². The lowest BCUT2D eigenvalue weighted by molar-refractivity contribution is -0.385. The van der Waals surface area contributed by atoms with Gasteiger partial charge in [0.1, 0.15) is 0 Å². The third-order valence-electron chi connectivity index (χ3n) is 3.01. The van der Waals surface area contributed by atoms with E-state index in [1.807, 2.05) is 0 Å². The fourth-order valence-corrected chi connectivity index (χ4v) is 2.22. The molecular formula is C12H15ClN2O3. The molecule has 0 radical (unpaired) electrons. The summed E-state index contributed by atoms with van der Waals surface area (Å²) in [4.78, 5) is 10.5. The van der Waals surface area contributed by atoms with E-state index in [2.05, 4.69) is 5.32 Å². The third-order valence-corrected chi connectivity index (χ3v) is 3.25. The molecule has 0 aromatic heterocycles. The van der Waals surface area contributed by atoms with Crippen molar-refractivity contribution in [2.24, 2.45) is 5.92 Å². The molecule has 0 spiro atoms. The molecule has 0 amide bonds. The first-order valence-corrected chi connectivity index (χ1v) is 6.26. The molecule has 98 valence electrons. The Hall–Kier alpha value is -1.17. The van der Waals surface area contributed by atoms with Crippen LogP contribution < -0.4 is 5.32 Å². The minimum absolute atomic E-state index is 0.106. The fraction of sp³-hybridized carbons (Fsp3) is 0.500. The minimum Gasteiger partial charge on any atom is -0.381 e. The van der Waals surface area contributed by atoms with Gasteiger partial charge < -0.3 is 10.1 Å². The minimum atomic E-state index is -0.383. The molecule has 1 aromatic rings. The van der Waals surface area contributed by atoms with Gasteiger partial charge in [-0.05, 0) is 24.5 Å². The topological polar surface area (TPSA) is 64.4 Å². The van der Waals surface area contributed by atoms with Crippen LogP contribution in [0.1, 0.15) is 12.0 Å². The molecule has 1 aliphatic heterocycles. The zero-order valence-corrected chi connectivity index (χ0v) is 10.7. The van der Waals surface area contributed by atoms with Crippen LogP contribution in [0, 0.1) is 16.0 Å². The standard InChI is InChI=1S/C12H15ClN2O3/c13-11-1-2-12(15(16)17)10(5-11)7-14-6-9-3-4-18-8-9/h1-2,5,9,14H,3-4,6-8H2. The van der Waals surface area contributed by atoms with Crippen LogP contribution in [-0.2, 0) is 11.3 Å². The van der Waals surface area contributed by atoms with E-state index in [1.54, 1.807) is 6.07 Å². The number of nitrogens with one attached hydrogen (secondary N) is 1. The average Bonchev–Trinajstić information content (AvgIpc) is 2.82. The zero-order valence-electron chi connectivity index (χ0n) is 9.89. The number of hydrogen-bond donors (Lipinski definition) is 1. The van der Waals surface area contributed by atoms with Gasteiger partial charge in [0.25, 0.3) is 5.69 Å². The number of nitro benzene ring substituents is 1.